The van der Waals surface area contributed by atoms with Crippen LogP contribution < -0.4 is 61.2 Å². The SMILES string of the molecule is CCCCCCCCc1cc(S(=O)(=O)O)c(Oc2ccccc2)cc1[O-].[K+]. The van der Waals surface area contributed by atoms with Crippen molar-refractivity contribution < 1.29 is 74.2 Å². The number of aryl methyl sites for hydroxylation is 1. The maximum Gasteiger partial charge on any atom is 1.00 e. The summed E-state index contributed by atoms with van der Waals surface area (Å²) in [5, 5.41) is 12.3. The van der Waals surface area contributed by atoms with Gasteiger partial charge in [-0.3, -0.25) is 4.55 Å². The zero-order valence-corrected chi connectivity index (χ0v) is 19.9. The maximum absolute atomic E-state index is 12.3. The Kier molecular flexibility index (Phi) is 11.1. The number of ether oxygens (including phenoxy) is 1. The van der Waals surface area contributed by atoms with Crippen molar-refractivity contribution in [1.29, 1.82) is 0 Å². The van der Waals surface area contributed by atoms with Crippen LogP contribution in [0.15, 0.2) is 47.4 Å². The van der Waals surface area contributed by atoms with Crippen LogP contribution in [-0.4, -0.2) is 13.0 Å². The molecule has 142 valence electrons. The van der Waals surface area contributed by atoms with Crippen LogP contribution >= 0.6 is 0 Å². The zero-order valence-electron chi connectivity index (χ0n) is 16.0. The predicted octanol–water partition coefficient (Wildman–Crippen LogP) is 1.71. The predicted molar refractivity (Wildman–Crippen MR) is 99.3 cm³/mol. The summed E-state index contributed by atoms with van der Waals surface area (Å²) in [5.74, 6) is -0.0484. The minimum atomic E-state index is -4.50. The van der Waals surface area contributed by atoms with Crippen LogP contribution in [0, 0.1) is 0 Å². The van der Waals surface area contributed by atoms with Gasteiger partial charge in [0.25, 0.3) is 10.1 Å². The Morgan fingerprint density at radius 2 is 1.63 bits per heavy atom. The standard InChI is InChI=1S/C20H26O5S.K/c1-2-3-4-5-6-8-11-16-14-20(26(22,23)24)19(15-18(16)21)25-17-12-9-7-10-13-17;/h7,9-10,12-15,21H,2-6,8,11H2,1H3,(H,22,23,24);/q;+1/p-1. The van der Waals surface area contributed by atoms with E-state index in [0.717, 1.165) is 25.3 Å². The summed E-state index contributed by atoms with van der Waals surface area (Å²) in [6.07, 6.45) is 6.92. The molecule has 0 amide bonds. The quantitative estimate of drug-likeness (QED) is 0.362. The van der Waals surface area contributed by atoms with Crippen LogP contribution in [0.4, 0.5) is 0 Å². The number of rotatable bonds is 10. The number of hydrogen-bond acceptors (Lipinski definition) is 4. The summed E-state index contributed by atoms with van der Waals surface area (Å²) in [6, 6.07) is 10.9. The monoisotopic (exact) mass is 416 g/mol. The summed E-state index contributed by atoms with van der Waals surface area (Å²) < 4.78 is 38.5. The van der Waals surface area contributed by atoms with Gasteiger partial charge in [-0.15, -0.1) is 5.75 Å². The molecule has 0 aliphatic heterocycles. The molecule has 0 spiro atoms. The van der Waals surface area contributed by atoms with Gasteiger partial charge in [0.1, 0.15) is 16.4 Å². The fourth-order valence-corrected chi connectivity index (χ4v) is 3.42. The van der Waals surface area contributed by atoms with E-state index < -0.39 is 10.1 Å². The molecule has 0 bridgehead atoms. The average Bonchev–Trinajstić information content (AvgIpc) is 2.59. The Hall–Kier alpha value is -0.414. The normalized spacial score (nSPS) is 11.0. The Bertz CT molecular complexity index is 807. The van der Waals surface area contributed by atoms with E-state index in [0.29, 0.717) is 17.7 Å². The van der Waals surface area contributed by atoms with Gasteiger partial charge in [-0.05, 0) is 37.1 Å². The molecular formula is C20H25KO5S. The van der Waals surface area contributed by atoms with Crippen molar-refractivity contribution in [3.05, 3.63) is 48.0 Å². The summed E-state index contributed by atoms with van der Waals surface area (Å²) in [6.45, 7) is 2.15. The first-order chi connectivity index (χ1) is 12.4. The van der Waals surface area contributed by atoms with Crippen molar-refractivity contribution in [2.75, 3.05) is 0 Å². The fourth-order valence-electron chi connectivity index (χ4n) is 2.77. The van der Waals surface area contributed by atoms with Gasteiger partial charge < -0.3 is 9.84 Å². The molecule has 0 atom stereocenters. The minimum Gasteiger partial charge on any atom is -0.872 e. The van der Waals surface area contributed by atoms with Gasteiger partial charge in [-0.1, -0.05) is 62.8 Å². The molecule has 0 radical (unpaired) electrons. The van der Waals surface area contributed by atoms with Gasteiger partial charge in [0.05, 0.1) is 0 Å². The first kappa shape index (κ1) is 24.6. The molecule has 0 aliphatic carbocycles. The summed E-state index contributed by atoms with van der Waals surface area (Å²) in [5.41, 5.74) is 0.383. The summed E-state index contributed by atoms with van der Waals surface area (Å²) >= 11 is 0. The second kappa shape index (κ2) is 12.2. The molecular weight excluding hydrogens is 391 g/mol. The molecule has 0 saturated carbocycles. The Morgan fingerprint density at radius 1 is 1.00 bits per heavy atom. The molecule has 0 fully saturated rings. The molecule has 7 heteroatoms. The van der Waals surface area contributed by atoms with Crippen LogP contribution in [0.1, 0.15) is 51.0 Å². The summed E-state index contributed by atoms with van der Waals surface area (Å²) in [7, 11) is -4.50. The van der Waals surface area contributed by atoms with Crippen LogP contribution in [-0.2, 0) is 16.5 Å². The Balaban J connectivity index is 0.00000364. The minimum absolute atomic E-state index is 0. The largest absolute Gasteiger partial charge is 1.00 e. The molecule has 1 N–H and O–H groups in total. The van der Waals surface area contributed by atoms with E-state index in [-0.39, 0.29) is 67.8 Å². The van der Waals surface area contributed by atoms with Crippen molar-refractivity contribution >= 4 is 10.1 Å². The van der Waals surface area contributed by atoms with Crippen molar-refractivity contribution in [2.24, 2.45) is 0 Å². The Morgan fingerprint density at radius 3 is 2.26 bits per heavy atom. The molecule has 2 aromatic carbocycles. The number of benzene rings is 2. The molecule has 2 aromatic rings. The van der Waals surface area contributed by atoms with E-state index in [1.54, 1.807) is 30.3 Å². The van der Waals surface area contributed by atoms with Gasteiger partial charge >= 0.3 is 51.4 Å². The van der Waals surface area contributed by atoms with E-state index in [2.05, 4.69) is 6.92 Å². The molecule has 0 unspecified atom stereocenters. The van der Waals surface area contributed by atoms with Gasteiger partial charge in [0, 0.05) is 0 Å². The van der Waals surface area contributed by atoms with Crippen LogP contribution in [0.5, 0.6) is 17.2 Å². The van der Waals surface area contributed by atoms with E-state index in [9.17, 15) is 18.1 Å². The van der Waals surface area contributed by atoms with Crippen molar-refractivity contribution in [2.45, 2.75) is 56.8 Å². The molecule has 0 heterocycles. The molecule has 0 aliphatic rings. The number of para-hydroxylation sites is 1. The van der Waals surface area contributed by atoms with E-state index >= 15 is 0 Å². The second-order valence-corrected chi connectivity index (χ2v) is 7.70. The fraction of sp³-hybridized carbons (Fsp3) is 0.400. The first-order valence-corrected chi connectivity index (χ1v) is 10.4. The van der Waals surface area contributed by atoms with E-state index in [1.165, 1.54) is 25.3 Å². The van der Waals surface area contributed by atoms with Crippen LogP contribution in [0.25, 0.3) is 0 Å². The third kappa shape index (κ3) is 8.23. The molecule has 0 aromatic heterocycles. The first-order valence-electron chi connectivity index (χ1n) is 8.96. The van der Waals surface area contributed by atoms with Crippen LogP contribution in [0.3, 0.4) is 0 Å². The molecule has 2 rings (SSSR count). The summed E-state index contributed by atoms with van der Waals surface area (Å²) in [4.78, 5) is -0.373. The van der Waals surface area contributed by atoms with Crippen molar-refractivity contribution in [3.63, 3.8) is 0 Å². The van der Waals surface area contributed by atoms with Gasteiger partial charge in [-0.2, -0.15) is 8.42 Å². The zero-order chi connectivity index (χ0) is 19.0. The smallest absolute Gasteiger partial charge is 0.872 e. The number of unbranched alkanes of at least 4 members (excludes halogenated alkanes) is 5. The topological polar surface area (TPSA) is 86.7 Å². The van der Waals surface area contributed by atoms with Gasteiger partial charge in [0.2, 0.25) is 0 Å². The van der Waals surface area contributed by atoms with Gasteiger partial charge in [0.15, 0.2) is 0 Å². The Labute approximate surface area is 204 Å². The maximum atomic E-state index is 12.3. The second-order valence-electron chi connectivity index (χ2n) is 6.31. The molecule has 27 heavy (non-hydrogen) atoms. The average molecular weight is 417 g/mol. The molecule has 0 saturated heterocycles. The van der Waals surface area contributed by atoms with Gasteiger partial charge in [-0.25, -0.2) is 0 Å². The third-order valence-corrected chi connectivity index (χ3v) is 5.05. The van der Waals surface area contributed by atoms with E-state index in [4.69, 9.17) is 4.74 Å². The number of hydrogen-bond donors (Lipinski definition) is 1. The van der Waals surface area contributed by atoms with Crippen molar-refractivity contribution in [3.8, 4) is 17.2 Å². The molecule has 5 nitrogen and oxygen atoms in total. The van der Waals surface area contributed by atoms with Crippen molar-refractivity contribution in [1.82, 2.24) is 0 Å². The third-order valence-electron chi connectivity index (χ3n) is 4.18. The van der Waals surface area contributed by atoms with E-state index in [1.807, 2.05) is 0 Å². The van der Waals surface area contributed by atoms with Crippen LogP contribution in [0.2, 0.25) is 0 Å².